The summed E-state index contributed by atoms with van der Waals surface area (Å²) in [4.78, 5) is 44.8. The molecular weight excluding hydrogens is 545 g/mol. The molecule has 1 heterocycles. The summed E-state index contributed by atoms with van der Waals surface area (Å²) in [5.41, 5.74) is 0.464. The van der Waals surface area contributed by atoms with Gasteiger partial charge in [-0.2, -0.15) is 11.8 Å². The fourth-order valence-electron chi connectivity index (χ4n) is 2.77. The summed E-state index contributed by atoms with van der Waals surface area (Å²) < 4.78 is 0. The molecule has 0 aliphatic carbocycles. The molecule has 2 amide bonds. The third-order valence-electron chi connectivity index (χ3n) is 4.47. The minimum atomic E-state index is -0.570. The third-order valence-corrected chi connectivity index (χ3v) is 6.28. The maximum Gasteiger partial charge on any atom is 0.271 e. The minimum absolute atomic E-state index is 0.0962. The topological polar surface area (TPSA) is 148 Å². The second kappa shape index (κ2) is 14.0. The number of halogens is 3. The summed E-state index contributed by atoms with van der Waals surface area (Å²) in [6.07, 6.45) is 0. The number of hydrogen-bond donors (Lipinski definition) is 2. The van der Waals surface area contributed by atoms with Crippen molar-refractivity contribution in [3.63, 3.8) is 0 Å². The Bertz CT molecular complexity index is 1100. The van der Waals surface area contributed by atoms with E-state index in [0.717, 1.165) is 30.7 Å². The van der Waals surface area contributed by atoms with Crippen LogP contribution >= 0.6 is 46.6 Å². The summed E-state index contributed by atoms with van der Waals surface area (Å²) in [6.45, 7) is 2.10. The van der Waals surface area contributed by atoms with Gasteiger partial charge in [0, 0.05) is 48.9 Å². The lowest BCUT2D eigenvalue weighted by molar-refractivity contribution is -0.385. The van der Waals surface area contributed by atoms with E-state index in [1.165, 1.54) is 30.3 Å². The van der Waals surface area contributed by atoms with E-state index >= 15 is 0 Å². The lowest BCUT2D eigenvalue weighted by Crippen LogP contribution is -2.38. The van der Waals surface area contributed by atoms with Crippen LogP contribution in [0.5, 0.6) is 0 Å². The maximum absolute atomic E-state index is 11.9. The fraction of sp³-hybridized carbons (Fsp3) is 0.300. The summed E-state index contributed by atoms with van der Waals surface area (Å²) in [5, 5.41) is 26.3. The molecule has 188 valence electrons. The standard InChI is InChI=1S/C12H14ClN3O3S.C8H6Cl2N2O3/c13-10-7-9(16(18)19)1-2-11(10)14-12(17)8-15-3-5-20-6-4-15;9-4-8(13)11-7-2-1-5(12(14)15)3-6(7)10/h1-2,7H,3-6,8H2,(H,14,17);1-3H,4H2,(H,11,13). The summed E-state index contributed by atoms with van der Waals surface area (Å²) in [7, 11) is 0. The van der Waals surface area contributed by atoms with Gasteiger partial charge in [0.05, 0.1) is 37.8 Å². The molecule has 1 saturated heterocycles. The Morgan fingerprint density at radius 1 is 0.886 bits per heavy atom. The molecule has 0 spiro atoms. The van der Waals surface area contributed by atoms with Crippen LogP contribution in [0.2, 0.25) is 10.0 Å². The summed E-state index contributed by atoms with van der Waals surface area (Å²) in [6, 6.07) is 7.75. The average molecular weight is 565 g/mol. The van der Waals surface area contributed by atoms with Crippen LogP contribution in [-0.2, 0) is 9.59 Å². The second-order valence-corrected chi connectivity index (χ2v) is 9.27. The number of anilines is 2. The number of benzene rings is 2. The normalized spacial score (nSPS) is 13.2. The molecule has 0 aromatic heterocycles. The highest BCUT2D eigenvalue weighted by atomic mass is 35.5. The Morgan fingerprint density at radius 3 is 1.74 bits per heavy atom. The van der Waals surface area contributed by atoms with Crippen molar-refractivity contribution in [3.05, 3.63) is 66.7 Å². The lowest BCUT2D eigenvalue weighted by Gasteiger charge is -2.25. The van der Waals surface area contributed by atoms with Crippen LogP contribution in [0.1, 0.15) is 0 Å². The van der Waals surface area contributed by atoms with Crippen LogP contribution in [0, 0.1) is 20.2 Å². The Kier molecular flexibility index (Phi) is 11.5. The van der Waals surface area contributed by atoms with E-state index in [2.05, 4.69) is 15.5 Å². The largest absolute Gasteiger partial charge is 0.324 e. The number of carbonyl (C=O) groups excluding carboxylic acids is 2. The molecule has 0 bridgehead atoms. The van der Waals surface area contributed by atoms with Gasteiger partial charge in [-0.1, -0.05) is 23.2 Å². The smallest absolute Gasteiger partial charge is 0.271 e. The van der Waals surface area contributed by atoms with Crippen molar-refractivity contribution in [3.8, 4) is 0 Å². The molecule has 11 nitrogen and oxygen atoms in total. The van der Waals surface area contributed by atoms with E-state index in [1.807, 2.05) is 11.8 Å². The van der Waals surface area contributed by atoms with Crippen LogP contribution in [0.25, 0.3) is 0 Å². The van der Waals surface area contributed by atoms with Crippen LogP contribution in [0.3, 0.4) is 0 Å². The molecule has 15 heteroatoms. The first-order valence-corrected chi connectivity index (χ1v) is 12.4. The van der Waals surface area contributed by atoms with Gasteiger partial charge in [-0.15, -0.1) is 11.6 Å². The Morgan fingerprint density at radius 2 is 1.34 bits per heavy atom. The zero-order valence-corrected chi connectivity index (χ0v) is 21.1. The zero-order chi connectivity index (χ0) is 26.0. The lowest BCUT2D eigenvalue weighted by atomic mass is 10.3. The SMILES string of the molecule is O=C(CCl)Nc1ccc([N+](=O)[O-])cc1Cl.O=C(CN1CCSCC1)Nc1ccc([N+](=O)[O-])cc1Cl. The first kappa shape index (κ1) is 28.6. The van der Waals surface area contributed by atoms with Crippen molar-refractivity contribution in [2.45, 2.75) is 0 Å². The van der Waals surface area contributed by atoms with Crippen LogP contribution in [0.4, 0.5) is 22.7 Å². The number of hydrogen-bond acceptors (Lipinski definition) is 8. The van der Waals surface area contributed by atoms with E-state index in [0.29, 0.717) is 17.9 Å². The van der Waals surface area contributed by atoms with Crippen LogP contribution < -0.4 is 10.6 Å². The number of nitrogens with one attached hydrogen (secondary N) is 2. The van der Waals surface area contributed by atoms with Gasteiger partial charge >= 0.3 is 0 Å². The first-order valence-electron chi connectivity index (χ1n) is 9.94. The fourth-order valence-corrected chi connectivity index (χ4v) is 4.26. The monoisotopic (exact) mass is 563 g/mol. The van der Waals surface area contributed by atoms with Crippen molar-refractivity contribution >= 4 is 81.1 Å². The van der Waals surface area contributed by atoms with Gasteiger partial charge < -0.3 is 10.6 Å². The van der Waals surface area contributed by atoms with E-state index in [-0.39, 0.29) is 33.2 Å². The highest BCUT2D eigenvalue weighted by Gasteiger charge is 2.16. The molecule has 2 aromatic rings. The number of carbonyl (C=O) groups is 2. The Balaban J connectivity index is 0.000000258. The van der Waals surface area contributed by atoms with Crippen LogP contribution in [0.15, 0.2) is 36.4 Å². The minimum Gasteiger partial charge on any atom is -0.324 e. The van der Waals surface area contributed by atoms with Crippen molar-refractivity contribution in [2.75, 3.05) is 47.7 Å². The maximum atomic E-state index is 11.9. The molecule has 0 radical (unpaired) electrons. The Labute approximate surface area is 219 Å². The molecule has 1 aliphatic rings. The number of thioether (sulfide) groups is 1. The molecule has 3 rings (SSSR count). The van der Waals surface area contributed by atoms with Gasteiger partial charge in [-0.25, -0.2) is 0 Å². The summed E-state index contributed by atoms with van der Waals surface area (Å²) >= 11 is 18.8. The summed E-state index contributed by atoms with van der Waals surface area (Å²) in [5.74, 6) is 1.28. The average Bonchev–Trinajstić information content (AvgIpc) is 2.82. The number of amides is 2. The van der Waals surface area contributed by atoms with Gasteiger partial charge in [0.2, 0.25) is 11.8 Å². The predicted molar refractivity (Wildman–Crippen MR) is 138 cm³/mol. The van der Waals surface area contributed by atoms with Gasteiger partial charge in [0.15, 0.2) is 0 Å². The molecule has 0 unspecified atom stereocenters. The van der Waals surface area contributed by atoms with Crippen molar-refractivity contribution in [1.29, 1.82) is 0 Å². The molecule has 1 fully saturated rings. The first-order chi connectivity index (χ1) is 16.6. The molecule has 1 aliphatic heterocycles. The van der Waals surface area contributed by atoms with Gasteiger partial charge in [0.25, 0.3) is 11.4 Å². The van der Waals surface area contributed by atoms with Crippen molar-refractivity contribution in [2.24, 2.45) is 0 Å². The number of nitro groups is 2. The molecule has 2 N–H and O–H groups in total. The van der Waals surface area contributed by atoms with Crippen molar-refractivity contribution < 1.29 is 19.4 Å². The number of non-ortho nitro benzene ring substituents is 2. The van der Waals surface area contributed by atoms with E-state index in [1.54, 1.807) is 0 Å². The predicted octanol–water partition coefficient (Wildman–Crippen LogP) is 4.66. The molecular formula is C20H20Cl3N5O6S. The third kappa shape index (κ3) is 9.49. The molecule has 0 atom stereocenters. The van der Waals surface area contributed by atoms with Gasteiger partial charge in [0.1, 0.15) is 5.88 Å². The number of nitrogens with zero attached hydrogens (tertiary/aromatic N) is 3. The Hall–Kier alpha value is -2.64. The highest BCUT2D eigenvalue weighted by molar-refractivity contribution is 7.99. The highest BCUT2D eigenvalue weighted by Crippen LogP contribution is 2.27. The van der Waals surface area contributed by atoms with E-state index in [9.17, 15) is 29.8 Å². The van der Waals surface area contributed by atoms with Crippen molar-refractivity contribution in [1.82, 2.24) is 4.90 Å². The number of alkyl halides is 1. The number of nitro benzene ring substituents is 2. The molecule has 35 heavy (non-hydrogen) atoms. The van der Waals surface area contributed by atoms with E-state index < -0.39 is 15.8 Å². The zero-order valence-electron chi connectivity index (χ0n) is 18.0. The quantitative estimate of drug-likeness (QED) is 0.280. The van der Waals surface area contributed by atoms with E-state index in [4.69, 9.17) is 34.8 Å². The van der Waals surface area contributed by atoms with Gasteiger partial charge in [-0.05, 0) is 12.1 Å². The second-order valence-electron chi connectivity index (χ2n) is 6.96. The van der Waals surface area contributed by atoms with Crippen LogP contribution in [-0.4, -0.2) is 63.6 Å². The number of rotatable bonds is 7. The van der Waals surface area contributed by atoms with Gasteiger partial charge in [-0.3, -0.25) is 34.7 Å². The molecule has 2 aromatic carbocycles. The molecule has 0 saturated carbocycles.